The maximum absolute atomic E-state index is 13.4. The number of hydrogen-bond acceptors (Lipinski definition) is 7. The molecule has 2 aliphatic heterocycles. The van der Waals surface area contributed by atoms with E-state index in [1.807, 2.05) is 115 Å². The highest BCUT2D eigenvalue weighted by molar-refractivity contribution is 5.97. The molecule has 220 valence electrons. The Morgan fingerprint density at radius 3 is 2.16 bits per heavy atom. The molecule has 2 unspecified atom stereocenters. The van der Waals surface area contributed by atoms with E-state index in [9.17, 15) is 9.90 Å². The Labute approximate surface area is 256 Å². The summed E-state index contributed by atoms with van der Waals surface area (Å²) in [5.74, 6) is 0.826. The van der Waals surface area contributed by atoms with Crippen molar-refractivity contribution in [3.05, 3.63) is 144 Å². The summed E-state index contributed by atoms with van der Waals surface area (Å²) in [6.45, 7) is 0.492. The third-order valence-electron chi connectivity index (χ3n) is 8.34. The average molecular weight is 585 g/mol. The lowest BCUT2D eigenvalue weighted by Gasteiger charge is -2.38. The van der Waals surface area contributed by atoms with Gasteiger partial charge in [0.2, 0.25) is 0 Å². The van der Waals surface area contributed by atoms with E-state index in [1.165, 1.54) is 0 Å². The van der Waals surface area contributed by atoms with E-state index in [1.54, 1.807) is 13.2 Å². The Kier molecular flexibility index (Phi) is 7.04. The number of aliphatic hydroxyl groups is 1. The second-order valence-corrected chi connectivity index (χ2v) is 11.0. The first-order chi connectivity index (χ1) is 21.5. The number of aliphatic hydroxyl groups excluding tert-OH is 1. The van der Waals surface area contributed by atoms with Crippen LogP contribution in [0.4, 0.5) is 22.7 Å². The number of ether oxygens (including phenoxy) is 3. The quantitative estimate of drug-likeness (QED) is 0.194. The third kappa shape index (κ3) is 4.58. The summed E-state index contributed by atoms with van der Waals surface area (Å²) in [6, 6.07) is 39.4. The number of carbonyl (C=O) groups excluding carboxylic acids is 1. The van der Waals surface area contributed by atoms with Crippen LogP contribution in [0.15, 0.2) is 121 Å². The molecule has 0 saturated carbocycles. The number of benzene rings is 5. The molecule has 5 aromatic rings. The van der Waals surface area contributed by atoms with Gasteiger partial charge in [0, 0.05) is 59.7 Å². The minimum Gasteiger partial charge on any atom is -0.456 e. The maximum Gasteiger partial charge on any atom is 0.340 e. The summed E-state index contributed by atoms with van der Waals surface area (Å²) in [5.41, 5.74) is 5.24. The first-order valence-corrected chi connectivity index (χ1v) is 14.6. The molecule has 7 nitrogen and oxygen atoms in total. The van der Waals surface area contributed by atoms with Crippen molar-refractivity contribution in [2.45, 2.75) is 11.7 Å². The van der Waals surface area contributed by atoms with Gasteiger partial charge in [-0.15, -0.1) is 0 Å². The molecular formula is C37H32N2O5. The van der Waals surface area contributed by atoms with E-state index in [0.29, 0.717) is 29.2 Å². The second-order valence-electron chi connectivity index (χ2n) is 11.0. The first kappa shape index (κ1) is 27.7. The van der Waals surface area contributed by atoms with Crippen LogP contribution in [0.25, 0.3) is 0 Å². The van der Waals surface area contributed by atoms with Gasteiger partial charge in [0.05, 0.1) is 24.8 Å². The van der Waals surface area contributed by atoms with Gasteiger partial charge >= 0.3 is 5.97 Å². The van der Waals surface area contributed by atoms with Crippen LogP contribution >= 0.6 is 0 Å². The van der Waals surface area contributed by atoms with Crippen molar-refractivity contribution in [1.82, 2.24) is 0 Å². The fourth-order valence-corrected chi connectivity index (χ4v) is 6.25. The molecule has 0 bridgehead atoms. The van der Waals surface area contributed by atoms with Gasteiger partial charge in [-0.3, -0.25) is 0 Å². The van der Waals surface area contributed by atoms with Crippen molar-refractivity contribution < 1.29 is 24.1 Å². The molecule has 7 rings (SSSR count). The summed E-state index contributed by atoms with van der Waals surface area (Å²) < 4.78 is 18.3. The van der Waals surface area contributed by atoms with Crippen LogP contribution in [0.5, 0.6) is 11.5 Å². The van der Waals surface area contributed by atoms with Crippen LogP contribution in [0.2, 0.25) is 0 Å². The summed E-state index contributed by atoms with van der Waals surface area (Å²) in [6.07, 6.45) is -0.729. The fourth-order valence-electron chi connectivity index (χ4n) is 6.25. The topological polar surface area (TPSA) is 71.5 Å². The molecule has 1 spiro atoms. The zero-order chi connectivity index (χ0) is 30.3. The van der Waals surface area contributed by atoms with E-state index in [-0.39, 0.29) is 12.6 Å². The summed E-state index contributed by atoms with van der Waals surface area (Å²) in [4.78, 5) is 17.6. The highest BCUT2D eigenvalue weighted by Gasteiger charge is 2.53. The van der Waals surface area contributed by atoms with Gasteiger partial charge in [0.25, 0.3) is 0 Å². The van der Waals surface area contributed by atoms with Crippen LogP contribution in [0.3, 0.4) is 0 Å². The van der Waals surface area contributed by atoms with Gasteiger partial charge in [0.15, 0.2) is 5.60 Å². The Morgan fingerprint density at radius 1 is 0.727 bits per heavy atom. The second kappa shape index (κ2) is 11.2. The average Bonchev–Trinajstić information content (AvgIpc) is 3.36. The largest absolute Gasteiger partial charge is 0.456 e. The lowest BCUT2D eigenvalue weighted by Crippen LogP contribution is -2.34. The van der Waals surface area contributed by atoms with Crippen LogP contribution in [-0.2, 0) is 15.1 Å². The lowest BCUT2D eigenvalue weighted by molar-refractivity contribution is 0.0224. The van der Waals surface area contributed by atoms with Crippen molar-refractivity contribution in [2.75, 3.05) is 37.1 Å². The number of rotatable bonds is 8. The number of nitrogens with zero attached hydrogens (tertiary/aromatic N) is 2. The highest BCUT2D eigenvalue weighted by atomic mass is 16.6. The molecule has 0 radical (unpaired) electrons. The van der Waals surface area contributed by atoms with Gasteiger partial charge in [-0.2, -0.15) is 0 Å². The minimum atomic E-state index is -1.22. The number of esters is 1. The Balaban J connectivity index is 1.40. The smallest absolute Gasteiger partial charge is 0.340 e. The first-order valence-electron chi connectivity index (χ1n) is 14.6. The van der Waals surface area contributed by atoms with Crippen molar-refractivity contribution in [3.63, 3.8) is 0 Å². The molecule has 0 fully saturated rings. The van der Waals surface area contributed by atoms with Gasteiger partial charge in [-0.25, -0.2) is 4.79 Å². The van der Waals surface area contributed by atoms with Gasteiger partial charge < -0.3 is 29.1 Å². The fraction of sp³-hybridized carbons (Fsp3) is 0.162. The number of para-hydroxylation sites is 2. The van der Waals surface area contributed by atoms with Crippen molar-refractivity contribution in [3.8, 4) is 11.5 Å². The number of methoxy groups -OCH3 is 1. The van der Waals surface area contributed by atoms with Gasteiger partial charge in [-0.05, 0) is 60.7 Å². The Morgan fingerprint density at radius 2 is 1.41 bits per heavy atom. The molecule has 0 aliphatic carbocycles. The maximum atomic E-state index is 13.4. The van der Waals surface area contributed by atoms with Crippen LogP contribution in [0.1, 0.15) is 27.0 Å². The molecule has 0 saturated heterocycles. The monoisotopic (exact) mass is 584 g/mol. The van der Waals surface area contributed by atoms with Crippen molar-refractivity contribution in [2.24, 2.45) is 0 Å². The Bertz CT molecular complexity index is 1830. The molecule has 7 heteroatoms. The number of hydrogen-bond donors (Lipinski definition) is 1. The standard InChI is InChI=1S/C37H32N2O5/c1-38(25-11-5-3-6-12-25)27-17-19-32-35(22-27)43-34-20-18-28(39(23-29(40)24-42-2)26-13-7-4-8-14-26)21-33(34)37(32)31-16-10-9-15-30(31)36(41)44-37/h3-22,29,40H,23-24H2,1-2H3. The zero-order valence-electron chi connectivity index (χ0n) is 24.5. The number of fused-ring (bicyclic) bond motifs is 6. The normalized spacial score (nSPS) is 16.8. The van der Waals surface area contributed by atoms with E-state index in [4.69, 9.17) is 14.2 Å². The molecule has 2 heterocycles. The predicted molar refractivity (Wildman–Crippen MR) is 171 cm³/mol. The molecule has 0 aromatic heterocycles. The Hall–Kier alpha value is -5.11. The van der Waals surface area contributed by atoms with Gasteiger partial charge in [-0.1, -0.05) is 54.6 Å². The highest BCUT2D eigenvalue weighted by Crippen LogP contribution is 2.57. The lowest BCUT2D eigenvalue weighted by atomic mass is 9.77. The molecule has 5 aromatic carbocycles. The summed E-state index contributed by atoms with van der Waals surface area (Å²) >= 11 is 0. The van der Waals surface area contributed by atoms with Gasteiger partial charge in [0.1, 0.15) is 11.5 Å². The zero-order valence-corrected chi connectivity index (χ0v) is 24.5. The summed E-state index contributed by atoms with van der Waals surface area (Å²) in [7, 11) is 3.58. The van der Waals surface area contributed by atoms with Crippen molar-refractivity contribution in [1.29, 1.82) is 0 Å². The minimum absolute atomic E-state index is 0.194. The number of anilines is 4. The molecule has 1 N–H and O–H groups in total. The van der Waals surface area contributed by atoms with E-state index < -0.39 is 11.7 Å². The van der Waals surface area contributed by atoms with Crippen LogP contribution < -0.4 is 14.5 Å². The van der Waals surface area contributed by atoms with E-state index >= 15 is 0 Å². The SMILES string of the molecule is COCC(O)CN(c1ccccc1)c1ccc2c(c1)C1(OC(=O)c3ccccc31)c1ccc(N(C)c3ccccc3)cc1O2. The van der Waals surface area contributed by atoms with E-state index in [2.05, 4.69) is 17.0 Å². The number of carbonyl (C=O) groups is 1. The molecule has 2 atom stereocenters. The summed E-state index contributed by atoms with van der Waals surface area (Å²) in [5, 5.41) is 10.8. The van der Waals surface area contributed by atoms with Crippen LogP contribution in [0, 0.1) is 0 Å². The van der Waals surface area contributed by atoms with E-state index in [0.717, 1.165) is 33.9 Å². The van der Waals surface area contributed by atoms with Crippen LogP contribution in [-0.4, -0.2) is 44.5 Å². The predicted octanol–water partition coefficient (Wildman–Crippen LogP) is 7.17. The van der Waals surface area contributed by atoms with Crippen molar-refractivity contribution >= 4 is 28.7 Å². The molecule has 2 aliphatic rings. The molecular weight excluding hydrogens is 552 g/mol. The molecule has 44 heavy (non-hydrogen) atoms. The third-order valence-corrected chi connectivity index (χ3v) is 8.34. The molecule has 0 amide bonds.